The first kappa shape index (κ1) is 26.0. The van der Waals surface area contributed by atoms with Crippen molar-refractivity contribution in [3.63, 3.8) is 0 Å². The molecule has 5 N–H and O–H groups in total. The van der Waals surface area contributed by atoms with Gasteiger partial charge in [0.2, 0.25) is 5.72 Å². The average Bonchev–Trinajstić information content (AvgIpc) is 3.25. The predicted octanol–water partition coefficient (Wildman–Crippen LogP) is 2.67. The third kappa shape index (κ3) is 5.88. The summed E-state index contributed by atoms with van der Waals surface area (Å²) < 4.78 is 2.20. The molecule has 0 bridgehead atoms. The maximum atomic E-state index is 11.6. The van der Waals surface area contributed by atoms with E-state index in [4.69, 9.17) is 21.8 Å². The molecule has 0 radical (unpaired) electrons. The van der Waals surface area contributed by atoms with Crippen LogP contribution >= 0.6 is 11.6 Å². The molecule has 6 nitrogen and oxygen atoms in total. The van der Waals surface area contributed by atoms with E-state index in [1.54, 1.807) is 6.92 Å². The lowest BCUT2D eigenvalue weighted by molar-refractivity contribution is -0.553. The van der Waals surface area contributed by atoms with Crippen LogP contribution in [0.15, 0.2) is 54.6 Å². The van der Waals surface area contributed by atoms with Gasteiger partial charge in [0, 0.05) is 52.9 Å². The Labute approximate surface area is 205 Å². The van der Waals surface area contributed by atoms with Crippen molar-refractivity contribution in [2.24, 2.45) is 5.41 Å². The summed E-state index contributed by atoms with van der Waals surface area (Å²) in [5, 5.41) is 29.3. The van der Waals surface area contributed by atoms with Crippen molar-refractivity contribution in [1.29, 1.82) is 0 Å². The molecule has 1 aromatic heterocycles. The van der Waals surface area contributed by atoms with Gasteiger partial charge in [-0.2, -0.15) is 0 Å². The van der Waals surface area contributed by atoms with Crippen LogP contribution in [0.5, 0.6) is 0 Å². The molecular weight excluding hydrogens is 452 g/mol. The number of halogens is 1. The first-order valence-corrected chi connectivity index (χ1v) is 11.8. The fourth-order valence-electron chi connectivity index (χ4n) is 4.31. The maximum Gasteiger partial charge on any atom is 0.219 e. The quantitative estimate of drug-likeness (QED) is 0.467. The van der Waals surface area contributed by atoms with Crippen LogP contribution in [0, 0.1) is 5.41 Å². The molecule has 0 fully saturated rings. The van der Waals surface area contributed by atoms with E-state index in [0.29, 0.717) is 11.4 Å². The van der Waals surface area contributed by atoms with Gasteiger partial charge in [-0.05, 0) is 35.1 Å². The minimum atomic E-state index is -1.11. The van der Waals surface area contributed by atoms with Crippen LogP contribution in [-0.2, 0) is 24.2 Å². The highest BCUT2D eigenvalue weighted by molar-refractivity contribution is 6.30. The van der Waals surface area contributed by atoms with Gasteiger partial charge in [-0.1, -0.05) is 74.8 Å². The molecule has 4 rings (SSSR count). The van der Waals surface area contributed by atoms with Crippen molar-refractivity contribution in [1.82, 2.24) is 4.57 Å². The number of carbonyl (C=O) groups is 1. The Hall–Kier alpha value is -2.64. The molecule has 0 aliphatic carbocycles. The highest BCUT2D eigenvalue weighted by atomic mass is 35.5. The zero-order chi connectivity index (χ0) is 25.1. The van der Waals surface area contributed by atoms with E-state index in [9.17, 15) is 9.90 Å². The normalized spacial score (nSPS) is 15.7. The van der Waals surface area contributed by atoms with Gasteiger partial charge in [0.25, 0.3) is 0 Å². The van der Waals surface area contributed by atoms with E-state index in [0.717, 1.165) is 40.9 Å². The van der Waals surface area contributed by atoms with E-state index in [1.165, 1.54) is 5.69 Å². The van der Waals surface area contributed by atoms with Gasteiger partial charge in [-0.25, -0.2) is 0 Å². The van der Waals surface area contributed by atoms with Crippen LogP contribution < -0.4 is 10.8 Å². The van der Waals surface area contributed by atoms with Crippen molar-refractivity contribution in [3.8, 4) is 22.3 Å². The monoisotopic (exact) mass is 484 g/mol. The Kier molecular flexibility index (Phi) is 7.88. The molecule has 182 valence electrons. The van der Waals surface area contributed by atoms with E-state index in [-0.39, 0.29) is 18.4 Å². The van der Waals surface area contributed by atoms with Crippen LogP contribution in [0.3, 0.4) is 0 Å². The number of carboxylic acid groups (broad SMARTS) is 1. The summed E-state index contributed by atoms with van der Waals surface area (Å²) in [5.41, 5.74) is 8.50. The van der Waals surface area contributed by atoms with Crippen molar-refractivity contribution in [3.05, 3.63) is 71.0 Å². The van der Waals surface area contributed by atoms with E-state index in [2.05, 4.69) is 36.3 Å². The average molecular weight is 485 g/mol. The van der Waals surface area contributed by atoms with Crippen LogP contribution in [0.25, 0.3) is 22.3 Å². The number of hydrogen-bond donors (Lipinski definition) is 3. The Morgan fingerprint density at radius 2 is 1.71 bits per heavy atom. The summed E-state index contributed by atoms with van der Waals surface area (Å²) in [6, 6.07) is 17.8. The lowest BCUT2D eigenvalue weighted by Gasteiger charge is -2.19. The van der Waals surface area contributed by atoms with Crippen molar-refractivity contribution < 1.29 is 25.8 Å². The number of benzene rings is 2. The third-order valence-electron chi connectivity index (χ3n) is 6.17. The van der Waals surface area contributed by atoms with E-state index >= 15 is 0 Å². The minimum absolute atomic E-state index is 0.0953. The Bertz CT molecular complexity index is 1130. The van der Waals surface area contributed by atoms with Gasteiger partial charge in [0.15, 0.2) is 0 Å². The number of aliphatic hydroxyl groups excluding tert-OH is 1. The number of quaternary nitrogens is 1. The molecule has 0 spiro atoms. The number of aliphatic hydroxyl groups is 2. The fourth-order valence-corrected chi connectivity index (χ4v) is 4.43. The summed E-state index contributed by atoms with van der Waals surface area (Å²) >= 11 is 6.08. The van der Waals surface area contributed by atoms with Crippen molar-refractivity contribution in [2.75, 3.05) is 6.61 Å². The SMILES string of the molecule is CC1(C)Cc2c(-c3ccccc3)c(-c3ccc(Cl)cc3)c(CC(=O)[O-])n2C1.CCC([NH3+])(O)CO. The molecular formula is C27H33ClN2O4. The molecule has 34 heavy (non-hydrogen) atoms. The highest BCUT2D eigenvalue weighted by Gasteiger charge is 2.35. The number of aliphatic carboxylic acids is 1. The maximum absolute atomic E-state index is 11.6. The first-order chi connectivity index (χ1) is 16.0. The second-order valence-corrected chi connectivity index (χ2v) is 10.2. The number of carbonyl (C=O) groups excluding carboxylic acids is 1. The molecule has 2 aromatic carbocycles. The summed E-state index contributed by atoms with van der Waals surface area (Å²) in [7, 11) is 0. The number of nitrogens with zero attached hydrogens (tertiary/aromatic N) is 1. The third-order valence-corrected chi connectivity index (χ3v) is 6.42. The number of fused-ring (bicyclic) bond motifs is 1. The van der Waals surface area contributed by atoms with Crippen LogP contribution in [0.1, 0.15) is 38.6 Å². The van der Waals surface area contributed by atoms with Crippen molar-refractivity contribution in [2.45, 2.75) is 52.3 Å². The molecule has 2 heterocycles. The van der Waals surface area contributed by atoms with E-state index in [1.807, 2.05) is 42.5 Å². The fraction of sp³-hybridized carbons (Fsp3) is 0.370. The molecule has 0 saturated carbocycles. The second-order valence-electron chi connectivity index (χ2n) is 9.73. The summed E-state index contributed by atoms with van der Waals surface area (Å²) in [5.74, 6) is -1.06. The molecule has 1 unspecified atom stereocenters. The minimum Gasteiger partial charge on any atom is -0.550 e. The number of carboxylic acids is 1. The first-order valence-electron chi connectivity index (χ1n) is 11.4. The molecule has 0 saturated heterocycles. The predicted molar refractivity (Wildman–Crippen MR) is 132 cm³/mol. The van der Waals surface area contributed by atoms with Gasteiger partial charge < -0.3 is 30.4 Å². The lowest BCUT2D eigenvalue weighted by atomic mass is 9.86. The standard InChI is InChI=1S/C23H22ClNO2.C4H11NO2/c1-23(2)13-19-22(15-6-4-3-5-7-15)21(16-8-10-17(24)11-9-16)18(12-20(26)27)25(19)14-23;1-2-4(5,7)3-6/h3-11H,12-14H2,1-2H3,(H,26,27);6-7H,2-3,5H2,1H3. The van der Waals surface area contributed by atoms with Gasteiger partial charge in [-0.15, -0.1) is 0 Å². The van der Waals surface area contributed by atoms with Gasteiger partial charge in [0.05, 0.1) is 0 Å². The zero-order valence-electron chi connectivity index (χ0n) is 20.0. The number of rotatable bonds is 6. The van der Waals surface area contributed by atoms with Crippen molar-refractivity contribution >= 4 is 17.6 Å². The Morgan fingerprint density at radius 1 is 1.12 bits per heavy atom. The molecule has 1 atom stereocenters. The van der Waals surface area contributed by atoms with E-state index < -0.39 is 11.7 Å². The summed E-state index contributed by atoms with van der Waals surface area (Å²) in [6.07, 6.45) is 1.29. The summed E-state index contributed by atoms with van der Waals surface area (Å²) in [6.45, 7) is 6.75. The molecule has 1 aliphatic rings. The number of aromatic nitrogens is 1. The molecule has 1 aliphatic heterocycles. The Morgan fingerprint density at radius 3 is 2.21 bits per heavy atom. The topological polar surface area (TPSA) is 113 Å². The smallest absolute Gasteiger partial charge is 0.219 e. The molecule has 7 heteroatoms. The Balaban J connectivity index is 0.000000406. The highest BCUT2D eigenvalue weighted by Crippen LogP contribution is 2.46. The van der Waals surface area contributed by atoms with Gasteiger partial charge in [0.1, 0.15) is 6.61 Å². The largest absolute Gasteiger partial charge is 0.550 e. The lowest BCUT2D eigenvalue weighted by Crippen LogP contribution is -2.74. The second kappa shape index (κ2) is 10.3. The number of hydrogen-bond acceptors (Lipinski definition) is 4. The molecule has 3 aromatic rings. The van der Waals surface area contributed by atoms with Crippen LogP contribution in [-0.4, -0.2) is 33.1 Å². The van der Waals surface area contributed by atoms with Gasteiger partial charge >= 0.3 is 0 Å². The van der Waals surface area contributed by atoms with Gasteiger partial charge in [-0.3, -0.25) is 0 Å². The zero-order valence-corrected chi connectivity index (χ0v) is 20.7. The summed E-state index contributed by atoms with van der Waals surface area (Å²) in [4.78, 5) is 11.6. The molecule has 0 amide bonds. The van der Waals surface area contributed by atoms with Crippen LogP contribution in [0.2, 0.25) is 5.02 Å². The van der Waals surface area contributed by atoms with Crippen LogP contribution in [0.4, 0.5) is 0 Å².